The van der Waals surface area contributed by atoms with Gasteiger partial charge in [0.15, 0.2) is 0 Å². The van der Waals surface area contributed by atoms with Crippen LogP contribution in [-0.2, 0) is 14.3 Å². The van der Waals surface area contributed by atoms with Gasteiger partial charge in [0.05, 0.1) is 25.4 Å². The second kappa shape index (κ2) is 60.9. The summed E-state index contributed by atoms with van der Waals surface area (Å²) in [7, 11) is 0. The monoisotopic (exact) mass is 1000 g/mol. The van der Waals surface area contributed by atoms with Gasteiger partial charge in [-0.25, -0.2) is 0 Å². The first-order chi connectivity index (χ1) is 35.0. The number of aliphatic hydroxyl groups excluding tert-OH is 2. The van der Waals surface area contributed by atoms with E-state index >= 15 is 0 Å². The zero-order chi connectivity index (χ0) is 51.4. The van der Waals surface area contributed by atoms with Crippen molar-refractivity contribution in [2.24, 2.45) is 0 Å². The number of allylic oxidation sites excluding steroid dienone is 4. The van der Waals surface area contributed by atoms with Crippen LogP contribution in [0, 0.1) is 0 Å². The van der Waals surface area contributed by atoms with Crippen LogP contribution in [0.4, 0.5) is 0 Å². The molecule has 0 aromatic rings. The minimum atomic E-state index is -0.682. The van der Waals surface area contributed by atoms with E-state index in [0.717, 1.165) is 77.0 Å². The van der Waals surface area contributed by atoms with Crippen LogP contribution in [0.25, 0.3) is 0 Å². The first-order valence-corrected chi connectivity index (χ1v) is 32.1. The Labute approximate surface area is 443 Å². The minimum Gasteiger partial charge on any atom is -0.466 e. The topological polar surface area (TPSA) is 95.9 Å². The van der Waals surface area contributed by atoms with E-state index in [2.05, 4.69) is 43.5 Å². The van der Waals surface area contributed by atoms with Crippen LogP contribution < -0.4 is 5.32 Å². The van der Waals surface area contributed by atoms with Crippen molar-refractivity contribution in [3.63, 3.8) is 0 Å². The molecule has 2 atom stereocenters. The van der Waals surface area contributed by atoms with Gasteiger partial charge >= 0.3 is 5.97 Å². The lowest BCUT2D eigenvalue weighted by Gasteiger charge is -2.22. The number of esters is 1. The molecular formula is C65H125NO5. The average Bonchev–Trinajstić information content (AvgIpc) is 3.37. The Hall–Kier alpha value is -1.66. The van der Waals surface area contributed by atoms with Gasteiger partial charge in [0.25, 0.3) is 0 Å². The van der Waals surface area contributed by atoms with Crippen LogP contribution in [0.3, 0.4) is 0 Å². The Morgan fingerprint density at radius 3 is 1.00 bits per heavy atom. The fraction of sp³-hybridized carbons (Fsp3) is 0.908. The highest BCUT2D eigenvalue weighted by Crippen LogP contribution is 2.18. The third-order valence-electron chi connectivity index (χ3n) is 15.0. The molecule has 0 saturated carbocycles. The number of unbranched alkanes of at least 4 members (excludes halogenated alkanes) is 45. The van der Waals surface area contributed by atoms with Crippen molar-refractivity contribution in [1.29, 1.82) is 0 Å². The first-order valence-electron chi connectivity index (χ1n) is 32.1. The van der Waals surface area contributed by atoms with Crippen LogP contribution >= 0.6 is 0 Å². The molecule has 0 heterocycles. The number of aliphatic hydroxyl groups is 2. The van der Waals surface area contributed by atoms with Crippen molar-refractivity contribution in [2.45, 2.75) is 366 Å². The molecule has 71 heavy (non-hydrogen) atoms. The molecule has 0 rings (SSSR count). The number of amides is 1. The van der Waals surface area contributed by atoms with Crippen molar-refractivity contribution in [2.75, 3.05) is 13.2 Å². The van der Waals surface area contributed by atoms with Gasteiger partial charge in [-0.05, 0) is 83.5 Å². The molecule has 0 aliphatic carbocycles. The summed E-state index contributed by atoms with van der Waals surface area (Å²) >= 11 is 0. The summed E-state index contributed by atoms with van der Waals surface area (Å²) in [5, 5.41) is 23.4. The Balaban J connectivity index is 3.47. The van der Waals surface area contributed by atoms with Crippen LogP contribution in [0.15, 0.2) is 24.3 Å². The molecule has 0 saturated heterocycles. The van der Waals surface area contributed by atoms with Gasteiger partial charge in [0.2, 0.25) is 5.91 Å². The number of hydrogen-bond donors (Lipinski definition) is 3. The molecule has 0 aliphatic rings. The maximum absolute atomic E-state index is 12.5. The fourth-order valence-corrected chi connectivity index (χ4v) is 10.0. The SMILES string of the molecule is CCCCCCCCC/C=C\CCCCCCCCCC(=O)OCCCCC/C=C\CCCCCCCC(=O)NC(CO)C(O)CCCCCCCCCCCCCCCCCCCCCCCCCC. The average molecular weight is 1000 g/mol. The van der Waals surface area contributed by atoms with Gasteiger partial charge in [0.1, 0.15) is 0 Å². The molecule has 0 radical (unpaired) electrons. The Kier molecular flexibility index (Phi) is 59.5. The maximum atomic E-state index is 12.5. The Morgan fingerprint density at radius 2 is 0.662 bits per heavy atom. The zero-order valence-corrected chi connectivity index (χ0v) is 48.0. The van der Waals surface area contributed by atoms with Crippen molar-refractivity contribution in [3.8, 4) is 0 Å². The molecule has 2 unspecified atom stereocenters. The number of hydrogen-bond acceptors (Lipinski definition) is 5. The number of nitrogens with one attached hydrogen (secondary N) is 1. The van der Waals surface area contributed by atoms with Crippen molar-refractivity contribution < 1.29 is 24.5 Å². The normalized spacial score (nSPS) is 12.7. The highest BCUT2D eigenvalue weighted by molar-refractivity contribution is 5.76. The summed E-state index contributed by atoms with van der Waals surface area (Å²) in [4.78, 5) is 24.6. The number of carbonyl (C=O) groups excluding carboxylic acids is 2. The first kappa shape index (κ1) is 69.3. The standard InChI is InChI=1S/C65H125NO5/c1-3-5-7-9-11-13-15-17-19-21-23-24-25-26-27-28-29-31-33-37-41-45-49-53-57-63(68)62(61-67)66-64(69)58-54-50-46-42-38-35-36-40-44-48-52-56-60-71-65(70)59-55-51-47-43-39-34-32-30-22-20-18-16-14-12-10-8-6-4-2/h20,22,36,40,62-63,67-68H,3-19,21,23-35,37-39,41-61H2,1-2H3,(H,66,69)/b22-20-,40-36-. The lowest BCUT2D eigenvalue weighted by molar-refractivity contribution is -0.143. The molecule has 0 aliphatic heterocycles. The van der Waals surface area contributed by atoms with E-state index < -0.39 is 12.1 Å². The van der Waals surface area contributed by atoms with E-state index in [4.69, 9.17) is 4.74 Å². The lowest BCUT2D eigenvalue weighted by atomic mass is 10.0. The zero-order valence-electron chi connectivity index (χ0n) is 48.0. The Morgan fingerprint density at radius 1 is 0.380 bits per heavy atom. The quantitative estimate of drug-likeness (QED) is 0.0320. The molecule has 1 amide bonds. The number of ether oxygens (including phenoxy) is 1. The van der Waals surface area contributed by atoms with Gasteiger partial charge in [0, 0.05) is 12.8 Å². The third kappa shape index (κ3) is 57.5. The van der Waals surface area contributed by atoms with Crippen LogP contribution in [-0.4, -0.2) is 47.4 Å². The summed E-state index contributed by atoms with van der Waals surface area (Å²) in [6.45, 7) is 4.92. The van der Waals surface area contributed by atoms with E-state index in [9.17, 15) is 19.8 Å². The smallest absolute Gasteiger partial charge is 0.305 e. The van der Waals surface area contributed by atoms with Gasteiger partial charge in [-0.15, -0.1) is 0 Å². The number of rotatable bonds is 60. The van der Waals surface area contributed by atoms with E-state index in [0.29, 0.717) is 25.9 Å². The van der Waals surface area contributed by atoms with Crippen molar-refractivity contribution in [3.05, 3.63) is 24.3 Å². The summed E-state index contributed by atoms with van der Waals surface area (Å²) < 4.78 is 5.47. The molecule has 0 bridgehead atoms. The molecule has 0 spiro atoms. The molecule has 0 aromatic carbocycles. The Bertz CT molecular complexity index is 1110. The summed E-state index contributed by atoms with van der Waals surface area (Å²) in [5.74, 6) is -0.0816. The van der Waals surface area contributed by atoms with E-state index in [1.54, 1.807) is 0 Å². The summed E-state index contributed by atoms with van der Waals surface area (Å²) in [6, 6.07) is -0.562. The largest absolute Gasteiger partial charge is 0.466 e. The number of carbonyl (C=O) groups is 2. The van der Waals surface area contributed by atoms with E-state index in [-0.39, 0.29) is 18.5 Å². The molecule has 420 valence electrons. The van der Waals surface area contributed by atoms with Crippen LogP contribution in [0.5, 0.6) is 0 Å². The van der Waals surface area contributed by atoms with Gasteiger partial charge in [-0.3, -0.25) is 9.59 Å². The summed E-state index contributed by atoms with van der Waals surface area (Å²) in [6.07, 6.45) is 74.8. The van der Waals surface area contributed by atoms with Crippen molar-refractivity contribution in [1.82, 2.24) is 5.32 Å². The van der Waals surface area contributed by atoms with Gasteiger partial charge < -0.3 is 20.3 Å². The maximum Gasteiger partial charge on any atom is 0.305 e. The molecular weight excluding hydrogens is 875 g/mol. The van der Waals surface area contributed by atoms with Gasteiger partial charge in [-0.1, -0.05) is 282 Å². The summed E-state index contributed by atoms with van der Waals surface area (Å²) in [5.41, 5.74) is 0. The molecule has 6 heteroatoms. The van der Waals surface area contributed by atoms with E-state index in [1.165, 1.54) is 244 Å². The minimum absolute atomic E-state index is 0.0245. The predicted octanol–water partition coefficient (Wildman–Crippen LogP) is 20.2. The van der Waals surface area contributed by atoms with E-state index in [1.807, 2.05) is 0 Å². The second-order valence-electron chi connectivity index (χ2n) is 22.1. The lowest BCUT2D eigenvalue weighted by Crippen LogP contribution is -2.45. The van der Waals surface area contributed by atoms with Gasteiger partial charge in [-0.2, -0.15) is 0 Å². The third-order valence-corrected chi connectivity index (χ3v) is 15.0. The second-order valence-corrected chi connectivity index (χ2v) is 22.1. The highest BCUT2D eigenvalue weighted by Gasteiger charge is 2.20. The van der Waals surface area contributed by atoms with Crippen LogP contribution in [0.2, 0.25) is 0 Å². The molecule has 3 N–H and O–H groups in total. The highest BCUT2D eigenvalue weighted by atomic mass is 16.5. The fourth-order valence-electron chi connectivity index (χ4n) is 10.0. The molecule has 0 aromatic heterocycles. The van der Waals surface area contributed by atoms with Crippen LogP contribution in [0.1, 0.15) is 354 Å². The molecule has 0 fully saturated rings. The molecule has 6 nitrogen and oxygen atoms in total. The van der Waals surface area contributed by atoms with Crippen molar-refractivity contribution >= 4 is 11.9 Å². The predicted molar refractivity (Wildman–Crippen MR) is 310 cm³/mol.